The molecule has 1 aromatic carbocycles. The highest BCUT2D eigenvalue weighted by Gasteiger charge is 2.17. The predicted molar refractivity (Wildman–Crippen MR) is 121 cm³/mol. The van der Waals surface area contributed by atoms with Gasteiger partial charge in [0.1, 0.15) is 28.3 Å². The second-order valence-corrected chi connectivity index (χ2v) is 9.85. The average Bonchev–Trinajstić information content (AvgIpc) is 3.05. The van der Waals surface area contributed by atoms with E-state index in [0.717, 1.165) is 53.8 Å². The maximum atomic E-state index is 11.4. The number of imidazole rings is 1. The van der Waals surface area contributed by atoms with Crippen molar-refractivity contribution in [1.29, 1.82) is 0 Å². The molecule has 8 nitrogen and oxygen atoms in total. The van der Waals surface area contributed by atoms with Gasteiger partial charge in [0.2, 0.25) is 0 Å². The van der Waals surface area contributed by atoms with Gasteiger partial charge >= 0.3 is 0 Å². The first-order chi connectivity index (χ1) is 14.3. The summed E-state index contributed by atoms with van der Waals surface area (Å²) in [5.74, 6) is 1.56. The zero-order valence-corrected chi connectivity index (χ0v) is 18.6. The van der Waals surface area contributed by atoms with Crippen molar-refractivity contribution in [3.8, 4) is 0 Å². The van der Waals surface area contributed by atoms with Crippen molar-refractivity contribution in [2.75, 3.05) is 24.9 Å². The first-order valence-corrected chi connectivity index (χ1v) is 12.1. The monoisotopic (exact) mass is 431 g/mol. The molecule has 2 aromatic heterocycles. The number of aryl methyl sites for hydroxylation is 2. The van der Waals surface area contributed by atoms with Crippen molar-refractivity contribution in [1.82, 2.24) is 14.5 Å². The smallest absolute Gasteiger partial charge is 0.152 e. The summed E-state index contributed by atoms with van der Waals surface area (Å²) in [5.41, 5.74) is 9.65. The molecule has 3 rings (SSSR count). The molecule has 0 saturated carbocycles. The summed E-state index contributed by atoms with van der Waals surface area (Å²) < 4.78 is 25.0. The van der Waals surface area contributed by atoms with Crippen molar-refractivity contribution < 1.29 is 13.3 Å². The summed E-state index contributed by atoms with van der Waals surface area (Å²) in [7, 11) is -1.39. The molecule has 0 amide bonds. The lowest BCUT2D eigenvalue weighted by Gasteiger charge is -2.11. The molecule has 9 heteroatoms. The van der Waals surface area contributed by atoms with E-state index >= 15 is 0 Å². The summed E-state index contributed by atoms with van der Waals surface area (Å²) in [6, 6.07) is 7.91. The maximum Gasteiger partial charge on any atom is 0.152 e. The van der Waals surface area contributed by atoms with E-state index in [1.807, 2.05) is 31.2 Å². The Morgan fingerprint density at radius 2 is 1.97 bits per heavy atom. The van der Waals surface area contributed by atoms with Gasteiger partial charge in [-0.25, -0.2) is 18.4 Å². The highest BCUT2D eigenvalue weighted by Crippen LogP contribution is 2.29. The minimum atomic E-state index is -2.93. The van der Waals surface area contributed by atoms with Crippen LogP contribution in [0, 0.1) is 0 Å². The van der Waals surface area contributed by atoms with Crippen molar-refractivity contribution in [2.24, 2.45) is 5.16 Å². The average molecular weight is 432 g/mol. The SMILES string of the molecule is CO/N=C(\C)CCc1nc2c(N)nc3ccccc3c2n1CCCCCS(C)(=O)=O. The Bertz CT molecular complexity index is 1170. The van der Waals surface area contributed by atoms with Gasteiger partial charge in [0.05, 0.1) is 16.7 Å². The highest BCUT2D eigenvalue weighted by molar-refractivity contribution is 7.90. The van der Waals surface area contributed by atoms with Crippen LogP contribution < -0.4 is 5.73 Å². The second-order valence-electron chi connectivity index (χ2n) is 7.59. The van der Waals surface area contributed by atoms with Crippen molar-refractivity contribution in [2.45, 2.75) is 45.6 Å². The Hall–Kier alpha value is -2.68. The molecule has 0 spiro atoms. The number of nitrogens with zero attached hydrogens (tertiary/aromatic N) is 4. The second kappa shape index (κ2) is 9.42. The fourth-order valence-corrected chi connectivity index (χ4v) is 4.37. The van der Waals surface area contributed by atoms with Crippen LogP contribution in [-0.4, -0.2) is 47.8 Å². The summed E-state index contributed by atoms with van der Waals surface area (Å²) in [5, 5.41) is 5.00. The van der Waals surface area contributed by atoms with Crippen molar-refractivity contribution in [3.05, 3.63) is 30.1 Å². The van der Waals surface area contributed by atoms with E-state index in [1.54, 1.807) is 0 Å². The molecule has 0 aliphatic carbocycles. The van der Waals surface area contributed by atoms with Crippen molar-refractivity contribution >= 4 is 43.3 Å². The van der Waals surface area contributed by atoms with Crippen molar-refractivity contribution in [3.63, 3.8) is 0 Å². The number of sulfone groups is 1. The van der Waals surface area contributed by atoms with E-state index < -0.39 is 9.84 Å². The number of benzene rings is 1. The number of unbranched alkanes of at least 4 members (excludes halogenated alkanes) is 2. The van der Waals surface area contributed by atoms with E-state index in [4.69, 9.17) is 15.6 Å². The lowest BCUT2D eigenvalue weighted by atomic mass is 10.1. The lowest BCUT2D eigenvalue weighted by Crippen LogP contribution is -2.08. The highest BCUT2D eigenvalue weighted by atomic mass is 32.2. The molecule has 0 aliphatic heterocycles. The van der Waals surface area contributed by atoms with Crippen LogP contribution in [0.4, 0.5) is 5.82 Å². The number of pyridine rings is 1. The fraction of sp³-hybridized carbons (Fsp3) is 0.476. The Balaban J connectivity index is 1.94. The number of oxime groups is 1. The van der Waals surface area contributed by atoms with Gasteiger partial charge in [-0.2, -0.15) is 0 Å². The molecule has 2 N–H and O–H groups in total. The number of hydrogen-bond acceptors (Lipinski definition) is 7. The molecule has 162 valence electrons. The van der Waals surface area contributed by atoms with E-state index in [2.05, 4.69) is 14.7 Å². The van der Waals surface area contributed by atoms with Gasteiger partial charge in [-0.15, -0.1) is 0 Å². The minimum absolute atomic E-state index is 0.219. The molecule has 0 unspecified atom stereocenters. The molecular formula is C21H29N5O3S. The number of fused-ring (bicyclic) bond motifs is 3. The Labute approximate surface area is 177 Å². The summed E-state index contributed by atoms with van der Waals surface area (Å²) >= 11 is 0. The number of para-hydroxylation sites is 1. The molecule has 3 aromatic rings. The van der Waals surface area contributed by atoms with Crippen LogP contribution in [0.15, 0.2) is 29.4 Å². The van der Waals surface area contributed by atoms with Gasteiger partial charge in [-0.3, -0.25) is 0 Å². The maximum absolute atomic E-state index is 11.4. The molecule has 0 atom stereocenters. The van der Waals surface area contributed by atoms with Gasteiger partial charge in [-0.1, -0.05) is 29.8 Å². The third-order valence-electron chi connectivity index (χ3n) is 5.04. The van der Waals surface area contributed by atoms with Gasteiger partial charge in [0.15, 0.2) is 5.82 Å². The fourth-order valence-electron chi connectivity index (χ4n) is 3.64. The zero-order valence-electron chi connectivity index (χ0n) is 17.8. The molecule has 0 radical (unpaired) electrons. The number of aromatic nitrogens is 3. The van der Waals surface area contributed by atoms with Gasteiger partial charge in [0.25, 0.3) is 0 Å². The van der Waals surface area contributed by atoms with Crippen LogP contribution >= 0.6 is 0 Å². The first-order valence-electron chi connectivity index (χ1n) is 10.1. The summed E-state index contributed by atoms with van der Waals surface area (Å²) in [4.78, 5) is 14.2. The number of nitrogens with two attached hydrogens (primary N) is 1. The van der Waals surface area contributed by atoms with Crippen LogP contribution in [0.25, 0.3) is 21.9 Å². The van der Waals surface area contributed by atoms with E-state index in [-0.39, 0.29) is 5.75 Å². The summed E-state index contributed by atoms with van der Waals surface area (Å²) in [6.07, 6.45) is 5.04. The topological polar surface area (TPSA) is 112 Å². The number of anilines is 1. The molecule has 30 heavy (non-hydrogen) atoms. The number of nitrogen functional groups attached to an aromatic ring is 1. The Morgan fingerprint density at radius 1 is 1.20 bits per heavy atom. The first kappa shape index (κ1) is 22.0. The van der Waals surface area contributed by atoms with E-state index in [0.29, 0.717) is 24.2 Å². The van der Waals surface area contributed by atoms with Crippen LogP contribution in [0.2, 0.25) is 0 Å². The molecule has 0 fully saturated rings. The molecule has 2 heterocycles. The number of rotatable bonds is 10. The third-order valence-corrected chi connectivity index (χ3v) is 6.07. The van der Waals surface area contributed by atoms with Crippen LogP contribution in [0.1, 0.15) is 38.4 Å². The number of hydrogen-bond donors (Lipinski definition) is 1. The Morgan fingerprint density at radius 3 is 2.70 bits per heavy atom. The van der Waals surface area contributed by atoms with Crippen LogP contribution in [0.3, 0.4) is 0 Å². The molecular weight excluding hydrogens is 402 g/mol. The largest absolute Gasteiger partial charge is 0.399 e. The normalized spacial score (nSPS) is 12.7. The quantitative estimate of drug-likeness (QED) is 0.299. The van der Waals surface area contributed by atoms with Crippen LogP contribution in [-0.2, 0) is 27.6 Å². The van der Waals surface area contributed by atoms with Gasteiger partial charge < -0.3 is 15.1 Å². The predicted octanol–water partition coefficient (Wildman–Crippen LogP) is 3.34. The van der Waals surface area contributed by atoms with E-state index in [9.17, 15) is 8.42 Å². The molecule has 0 bridgehead atoms. The third kappa shape index (κ3) is 5.27. The summed E-state index contributed by atoms with van der Waals surface area (Å²) in [6.45, 7) is 2.66. The molecule has 0 aliphatic rings. The minimum Gasteiger partial charge on any atom is -0.399 e. The molecule has 0 saturated heterocycles. The van der Waals surface area contributed by atoms with Gasteiger partial charge in [-0.05, 0) is 32.3 Å². The lowest BCUT2D eigenvalue weighted by molar-refractivity contribution is 0.212. The zero-order chi connectivity index (χ0) is 21.7. The van der Waals surface area contributed by atoms with Gasteiger partial charge in [0, 0.05) is 30.4 Å². The van der Waals surface area contributed by atoms with Crippen LogP contribution in [0.5, 0.6) is 0 Å². The Kier molecular flexibility index (Phi) is 6.91. The van der Waals surface area contributed by atoms with E-state index in [1.165, 1.54) is 13.4 Å². The standard InChI is InChI=1S/C21H29N5O3S/c1-15(25-29-2)11-12-18-24-19-20(16-9-5-6-10-17(16)23-21(19)22)26(18)13-7-4-8-14-30(3,27)28/h5-6,9-10H,4,7-8,11-14H2,1-3H3,(H2,22,23)/b25-15+.